The minimum Gasteiger partial charge on any atom is -0.325 e. The second-order valence-electron chi connectivity index (χ2n) is 6.68. The third-order valence-corrected chi connectivity index (χ3v) is 6.83. The van der Waals surface area contributed by atoms with Gasteiger partial charge in [0.1, 0.15) is 9.53 Å². The Bertz CT molecular complexity index is 1270. The van der Waals surface area contributed by atoms with Crippen LogP contribution in [0.4, 0.5) is 5.69 Å². The zero-order valence-electron chi connectivity index (χ0n) is 16.2. The minimum atomic E-state index is -0.171. The molecule has 1 aromatic carbocycles. The Morgan fingerprint density at radius 2 is 2.07 bits per heavy atom. The molecule has 30 heavy (non-hydrogen) atoms. The number of thioether (sulfide) groups is 1. The maximum Gasteiger partial charge on any atom is 0.272 e. The molecule has 3 heterocycles. The van der Waals surface area contributed by atoms with Gasteiger partial charge in [0, 0.05) is 28.8 Å². The lowest BCUT2D eigenvalue weighted by Crippen LogP contribution is -2.23. The molecule has 0 fully saturated rings. The highest BCUT2D eigenvalue weighted by molar-refractivity contribution is 7.99. The third kappa shape index (κ3) is 4.35. The van der Waals surface area contributed by atoms with Gasteiger partial charge >= 0.3 is 0 Å². The van der Waals surface area contributed by atoms with Gasteiger partial charge in [-0.15, -0.1) is 11.3 Å². The first-order valence-electron chi connectivity index (χ1n) is 9.53. The Balaban J connectivity index is 1.64. The number of anilines is 1. The van der Waals surface area contributed by atoms with E-state index in [1.807, 2.05) is 12.1 Å². The molecule has 9 heteroatoms. The maximum atomic E-state index is 13.2. The molecular formula is C21H19ClN4O2S2. The fourth-order valence-corrected chi connectivity index (χ4v) is 5.00. The monoisotopic (exact) mass is 458 g/mol. The van der Waals surface area contributed by atoms with Crippen LogP contribution in [0.3, 0.4) is 0 Å². The lowest BCUT2D eigenvalue weighted by Gasteiger charge is -2.11. The van der Waals surface area contributed by atoms with Gasteiger partial charge in [0.15, 0.2) is 5.16 Å². The Morgan fingerprint density at radius 1 is 1.27 bits per heavy atom. The number of hydrogen-bond donors (Lipinski definition) is 1. The lowest BCUT2D eigenvalue weighted by atomic mass is 10.3. The summed E-state index contributed by atoms with van der Waals surface area (Å²) >= 11 is 8.51. The zero-order chi connectivity index (χ0) is 21.1. The second kappa shape index (κ2) is 9.16. The van der Waals surface area contributed by atoms with Gasteiger partial charge in [-0.1, -0.05) is 36.7 Å². The number of nitrogens with zero attached hydrogens (tertiary/aromatic N) is 3. The first kappa shape index (κ1) is 20.8. The van der Waals surface area contributed by atoms with Gasteiger partial charge in [-0.3, -0.25) is 14.2 Å². The molecule has 0 atom stereocenters. The summed E-state index contributed by atoms with van der Waals surface area (Å²) in [6.07, 6.45) is 3.53. The number of hydrogen-bond acceptors (Lipinski definition) is 6. The third-order valence-electron chi connectivity index (χ3n) is 4.51. The number of amides is 1. The number of pyridine rings is 1. The Hall–Kier alpha value is -2.42. The average Bonchev–Trinajstić information content (AvgIpc) is 3.12. The van der Waals surface area contributed by atoms with Gasteiger partial charge in [-0.25, -0.2) is 9.97 Å². The van der Waals surface area contributed by atoms with E-state index in [9.17, 15) is 9.59 Å². The summed E-state index contributed by atoms with van der Waals surface area (Å²) in [5.41, 5.74) is 1.25. The van der Waals surface area contributed by atoms with Crippen LogP contribution in [-0.2, 0) is 11.3 Å². The molecule has 0 unspecified atom stereocenters. The van der Waals surface area contributed by atoms with Crippen LogP contribution < -0.4 is 10.9 Å². The van der Waals surface area contributed by atoms with Crippen molar-refractivity contribution in [2.45, 2.75) is 31.5 Å². The van der Waals surface area contributed by atoms with Crippen LogP contribution >= 0.6 is 34.7 Å². The molecule has 6 nitrogen and oxygen atoms in total. The molecule has 1 N–H and O–H groups in total. The molecule has 3 aromatic heterocycles. The van der Waals surface area contributed by atoms with E-state index >= 15 is 0 Å². The number of carbonyl (C=O) groups excluding carboxylic acids is 1. The molecule has 1 amide bonds. The first-order valence-corrected chi connectivity index (χ1v) is 11.7. The van der Waals surface area contributed by atoms with Crippen molar-refractivity contribution in [2.75, 3.05) is 11.1 Å². The predicted octanol–water partition coefficient (Wildman–Crippen LogP) is 5.19. The zero-order valence-corrected chi connectivity index (χ0v) is 18.6. The van der Waals surface area contributed by atoms with Crippen molar-refractivity contribution >= 4 is 66.7 Å². The van der Waals surface area contributed by atoms with Crippen LogP contribution in [0.5, 0.6) is 0 Å². The van der Waals surface area contributed by atoms with Crippen LogP contribution in [0.2, 0.25) is 5.02 Å². The van der Waals surface area contributed by atoms with E-state index in [2.05, 4.69) is 17.2 Å². The van der Waals surface area contributed by atoms with E-state index in [-0.39, 0.29) is 17.2 Å². The number of nitrogens with one attached hydrogen (secondary N) is 1. The average molecular weight is 459 g/mol. The van der Waals surface area contributed by atoms with Crippen molar-refractivity contribution < 1.29 is 4.79 Å². The topological polar surface area (TPSA) is 76.9 Å². The molecule has 0 aliphatic rings. The highest BCUT2D eigenvalue weighted by Crippen LogP contribution is 2.30. The molecule has 0 aliphatic carbocycles. The standard InChI is InChI=1S/C21H19ClN4O2S2/c1-2-3-11-26-20(28)18-17(15-5-4-10-23-19(15)30-18)25-21(26)29-12-16(27)24-14-8-6-13(22)7-9-14/h4-10H,2-3,11-12H2,1H3,(H,24,27). The predicted molar refractivity (Wildman–Crippen MR) is 125 cm³/mol. The quantitative estimate of drug-likeness (QED) is 0.304. The van der Waals surface area contributed by atoms with Gasteiger partial charge in [0.25, 0.3) is 5.56 Å². The maximum absolute atomic E-state index is 13.2. The number of unbranched alkanes of at least 4 members (excludes halogenated alkanes) is 1. The van der Waals surface area contributed by atoms with Crippen molar-refractivity contribution in [1.82, 2.24) is 14.5 Å². The summed E-state index contributed by atoms with van der Waals surface area (Å²) < 4.78 is 2.29. The van der Waals surface area contributed by atoms with E-state index in [4.69, 9.17) is 16.6 Å². The fourth-order valence-electron chi connectivity index (χ4n) is 3.03. The summed E-state index contributed by atoms with van der Waals surface area (Å²) in [4.78, 5) is 35.5. The van der Waals surface area contributed by atoms with E-state index < -0.39 is 0 Å². The van der Waals surface area contributed by atoms with E-state index in [0.29, 0.717) is 32.6 Å². The van der Waals surface area contributed by atoms with Crippen LogP contribution in [0.1, 0.15) is 19.8 Å². The second-order valence-corrected chi connectivity index (χ2v) is 9.06. The summed E-state index contributed by atoms with van der Waals surface area (Å²) in [5, 5.41) is 4.86. The number of fused-ring (bicyclic) bond motifs is 3. The summed E-state index contributed by atoms with van der Waals surface area (Å²) in [7, 11) is 0. The van der Waals surface area contributed by atoms with Crippen molar-refractivity contribution in [3.63, 3.8) is 0 Å². The van der Waals surface area contributed by atoms with Crippen molar-refractivity contribution in [2.24, 2.45) is 0 Å². The molecular weight excluding hydrogens is 440 g/mol. The first-order chi connectivity index (χ1) is 14.6. The van der Waals surface area contributed by atoms with Crippen LogP contribution in [-0.4, -0.2) is 26.2 Å². The Labute approximate surface area is 186 Å². The van der Waals surface area contributed by atoms with Crippen LogP contribution in [0.25, 0.3) is 20.4 Å². The molecule has 0 aliphatic heterocycles. The van der Waals surface area contributed by atoms with E-state index in [1.54, 1.807) is 35.0 Å². The molecule has 0 bridgehead atoms. The lowest BCUT2D eigenvalue weighted by molar-refractivity contribution is -0.113. The fraction of sp³-hybridized carbons (Fsp3) is 0.238. The molecule has 4 rings (SSSR count). The summed E-state index contributed by atoms with van der Waals surface area (Å²) in [6, 6.07) is 10.7. The number of carbonyl (C=O) groups is 1. The highest BCUT2D eigenvalue weighted by Gasteiger charge is 2.17. The number of aromatic nitrogens is 3. The number of benzene rings is 1. The van der Waals surface area contributed by atoms with Gasteiger partial charge in [-0.05, 0) is 42.8 Å². The normalized spacial score (nSPS) is 11.3. The van der Waals surface area contributed by atoms with Crippen molar-refractivity contribution in [3.8, 4) is 0 Å². The SMILES string of the molecule is CCCCn1c(SCC(=O)Nc2ccc(Cl)cc2)nc2c(sc3ncccc32)c1=O. The van der Waals surface area contributed by atoms with Gasteiger partial charge in [0.2, 0.25) is 5.91 Å². The number of halogens is 1. The van der Waals surface area contributed by atoms with E-state index in [1.165, 1.54) is 23.1 Å². The highest BCUT2D eigenvalue weighted by atomic mass is 35.5. The van der Waals surface area contributed by atoms with Gasteiger partial charge in [0.05, 0.1) is 11.3 Å². The largest absolute Gasteiger partial charge is 0.325 e. The summed E-state index contributed by atoms with van der Waals surface area (Å²) in [6.45, 7) is 2.65. The molecule has 154 valence electrons. The molecule has 0 saturated carbocycles. The molecule has 0 spiro atoms. The molecule has 0 saturated heterocycles. The van der Waals surface area contributed by atoms with E-state index in [0.717, 1.165) is 23.1 Å². The summed E-state index contributed by atoms with van der Waals surface area (Å²) in [5.74, 6) is -0.0249. The van der Waals surface area contributed by atoms with Crippen LogP contribution in [0.15, 0.2) is 52.5 Å². The number of thiophene rings is 1. The van der Waals surface area contributed by atoms with Crippen molar-refractivity contribution in [3.05, 3.63) is 58.0 Å². The number of rotatable bonds is 7. The Kier molecular flexibility index (Phi) is 6.36. The van der Waals surface area contributed by atoms with Crippen LogP contribution in [0, 0.1) is 0 Å². The Morgan fingerprint density at radius 3 is 2.83 bits per heavy atom. The minimum absolute atomic E-state index is 0.0722. The van der Waals surface area contributed by atoms with Gasteiger partial charge < -0.3 is 5.32 Å². The van der Waals surface area contributed by atoms with Crippen molar-refractivity contribution in [1.29, 1.82) is 0 Å². The van der Waals surface area contributed by atoms with Gasteiger partial charge in [-0.2, -0.15) is 0 Å². The molecule has 4 aromatic rings. The molecule has 0 radical (unpaired) electrons. The smallest absolute Gasteiger partial charge is 0.272 e.